The Labute approximate surface area is 172 Å². The first-order valence-corrected chi connectivity index (χ1v) is 8.99. The summed E-state index contributed by atoms with van der Waals surface area (Å²) in [6, 6.07) is 4.68. The van der Waals surface area contributed by atoms with Crippen molar-refractivity contribution in [2.24, 2.45) is 10.7 Å². The highest BCUT2D eigenvalue weighted by Crippen LogP contribution is 2.43. The van der Waals surface area contributed by atoms with E-state index in [2.05, 4.69) is 9.98 Å². The van der Waals surface area contributed by atoms with Gasteiger partial charge in [-0.05, 0) is 36.8 Å². The summed E-state index contributed by atoms with van der Waals surface area (Å²) in [6.45, 7) is -0.469. The van der Waals surface area contributed by atoms with Gasteiger partial charge < -0.3 is 10.5 Å². The van der Waals surface area contributed by atoms with Crippen molar-refractivity contribution >= 4 is 11.6 Å². The smallest absolute Gasteiger partial charge is 0.385 e. The van der Waals surface area contributed by atoms with Crippen LogP contribution in [0.3, 0.4) is 0 Å². The molecule has 0 saturated heterocycles. The quantitative estimate of drug-likeness (QED) is 0.572. The first-order valence-electron chi connectivity index (χ1n) is 8.99. The number of rotatable bonds is 4. The summed E-state index contributed by atoms with van der Waals surface area (Å²) in [7, 11) is 0. The van der Waals surface area contributed by atoms with Crippen LogP contribution in [-0.4, -0.2) is 35.7 Å². The standard InChI is InChI=1S/C20H17F6N3O2/c1-18(19(22,23)10-31-9-16(27)29-18)13-7-11(4-5-14(13)21)8-15(30)17-12(20(24,25)26)3-2-6-28-17/h2-7H,8-10H2,1H3,(H2,27,29)/t18-/m1/s1. The van der Waals surface area contributed by atoms with E-state index in [1.54, 1.807) is 0 Å². The molecule has 0 fully saturated rings. The van der Waals surface area contributed by atoms with E-state index in [1.165, 1.54) is 0 Å². The largest absolute Gasteiger partial charge is 0.418 e. The Balaban J connectivity index is 2.01. The molecule has 2 N–H and O–H groups in total. The zero-order valence-electron chi connectivity index (χ0n) is 16.1. The van der Waals surface area contributed by atoms with Crippen LogP contribution in [0.2, 0.25) is 0 Å². The fourth-order valence-electron chi connectivity index (χ4n) is 3.26. The van der Waals surface area contributed by atoms with Gasteiger partial charge in [-0.25, -0.2) is 13.2 Å². The highest BCUT2D eigenvalue weighted by Gasteiger charge is 2.54. The Hall–Kier alpha value is -2.95. The van der Waals surface area contributed by atoms with E-state index in [-0.39, 0.29) is 18.0 Å². The Morgan fingerprint density at radius 2 is 1.97 bits per heavy atom. The summed E-state index contributed by atoms with van der Waals surface area (Å²) in [4.78, 5) is 19.8. The molecule has 0 radical (unpaired) electrons. The number of aliphatic imine (C=N–C) groups is 1. The minimum absolute atomic E-state index is 0.0103. The molecule has 2 aromatic rings. The van der Waals surface area contributed by atoms with Gasteiger partial charge in [0.05, 0.1) is 5.56 Å². The van der Waals surface area contributed by atoms with Crippen LogP contribution in [0.25, 0.3) is 0 Å². The van der Waals surface area contributed by atoms with E-state index in [0.29, 0.717) is 6.07 Å². The minimum atomic E-state index is -4.81. The number of nitrogens with zero attached hydrogens (tertiary/aromatic N) is 2. The molecule has 3 rings (SSSR count). The predicted octanol–water partition coefficient (Wildman–Crippen LogP) is 3.90. The number of alkyl halides is 5. The van der Waals surface area contributed by atoms with Gasteiger partial charge in [0.1, 0.15) is 30.6 Å². The molecule has 11 heteroatoms. The van der Waals surface area contributed by atoms with Crippen LogP contribution in [0, 0.1) is 5.82 Å². The molecule has 1 aliphatic heterocycles. The molecule has 166 valence electrons. The molecule has 0 spiro atoms. The fourth-order valence-corrected chi connectivity index (χ4v) is 3.26. The molecule has 0 bridgehead atoms. The lowest BCUT2D eigenvalue weighted by atomic mass is 9.84. The number of ketones is 1. The topological polar surface area (TPSA) is 77.6 Å². The minimum Gasteiger partial charge on any atom is -0.385 e. The number of hydrogen-bond acceptors (Lipinski definition) is 5. The normalized spacial score (nSPS) is 21.3. The zero-order chi connectivity index (χ0) is 23.0. The molecular formula is C20H17F6N3O2. The number of aromatic nitrogens is 1. The van der Waals surface area contributed by atoms with Crippen LogP contribution in [0.15, 0.2) is 41.5 Å². The molecule has 1 aliphatic rings. The Morgan fingerprint density at radius 1 is 1.26 bits per heavy atom. The van der Waals surface area contributed by atoms with Gasteiger partial charge in [0.25, 0.3) is 5.92 Å². The van der Waals surface area contributed by atoms with Gasteiger partial charge in [-0.3, -0.25) is 14.8 Å². The highest BCUT2D eigenvalue weighted by atomic mass is 19.4. The van der Waals surface area contributed by atoms with Crippen molar-refractivity contribution in [1.29, 1.82) is 0 Å². The summed E-state index contributed by atoms with van der Waals surface area (Å²) >= 11 is 0. The number of carbonyl (C=O) groups excluding carboxylic acids is 1. The van der Waals surface area contributed by atoms with Crippen molar-refractivity contribution in [2.45, 2.75) is 31.0 Å². The van der Waals surface area contributed by atoms with Crippen LogP contribution in [-0.2, 0) is 22.9 Å². The third-order valence-corrected chi connectivity index (χ3v) is 4.91. The average Bonchev–Trinajstić information content (AvgIpc) is 2.78. The average molecular weight is 445 g/mol. The van der Waals surface area contributed by atoms with Crippen LogP contribution < -0.4 is 5.73 Å². The second-order valence-corrected chi connectivity index (χ2v) is 7.18. The van der Waals surface area contributed by atoms with E-state index >= 15 is 0 Å². The lowest BCUT2D eigenvalue weighted by Gasteiger charge is -2.33. The van der Waals surface area contributed by atoms with E-state index in [1.807, 2.05) is 0 Å². The lowest BCUT2D eigenvalue weighted by molar-refractivity contribution is -0.138. The number of halogens is 6. The van der Waals surface area contributed by atoms with Crippen LogP contribution in [0.5, 0.6) is 0 Å². The maximum atomic E-state index is 14.7. The first-order chi connectivity index (χ1) is 14.3. The summed E-state index contributed by atoms with van der Waals surface area (Å²) in [5, 5.41) is 0. The molecule has 0 amide bonds. The van der Waals surface area contributed by atoms with Gasteiger partial charge in [-0.2, -0.15) is 13.2 Å². The van der Waals surface area contributed by atoms with Crippen LogP contribution in [0.1, 0.15) is 34.1 Å². The molecule has 1 aromatic heterocycles. The van der Waals surface area contributed by atoms with Gasteiger partial charge >= 0.3 is 6.18 Å². The molecule has 2 heterocycles. The van der Waals surface area contributed by atoms with Crippen molar-refractivity contribution < 1.29 is 35.9 Å². The van der Waals surface area contributed by atoms with E-state index in [9.17, 15) is 31.1 Å². The number of benzene rings is 1. The molecule has 5 nitrogen and oxygen atoms in total. The van der Waals surface area contributed by atoms with E-state index < -0.39 is 59.1 Å². The monoisotopic (exact) mass is 445 g/mol. The van der Waals surface area contributed by atoms with Crippen molar-refractivity contribution in [3.05, 3.63) is 64.7 Å². The maximum absolute atomic E-state index is 14.7. The highest BCUT2D eigenvalue weighted by molar-refractivity contribution is 5.97. The van der Waals surface area contributed by atoms with Gasteiger partial charge in [0, 0.05) is 18.2 Å². The molecule has 0 unspecified atom stereocenters. The number of carbonyl (C=O) groups is 1. The number of amidine groups is 1. The summed E-state index contributed by atoms with van der Waals surface area (Å²) in [5.74, 6) is -5.97. The zero-order valence-corrected chi connectivity index (χ0v) is 16.1. The first kappa shape index (κ1) is 22.7. The van der Waals surface area contributed by atoms with Crippen LogP contribution in [0.4, 0.5) is 26.3 Å². The van der Waals surface area contributed by atoms with Crippen LogP contribution >= 0.6 is 0 Å². The third-order valence-electron chi connectivity index (χ3n) is 4.91. The molecular weight excluding hydrogens is 428 g/mol. The third kappa shape index (κ3) is 4.41. The molecule has 1 atom stereocenters. The SMILES string of the molecule is C[C@]1(c2cc(CC(=O)c3ncccc3C(F)(F)F)ccc2F)N=C(N)COCC1(F)F. The van der Waals surface area contributed by atoms with Gasteiger partial charge in [-0.1, -0.05) is 6.07 Å². The lowest BCUT2D eigenvalue weighted by Crippen LogP contribution is -2.45. The summed E-state index contributed by atoms with van der Waals surface area (Å²) in [6.07, 6.45) is -4.40. The number of ether oxygens (including phenoxy) is 1. The van der Waals surface area contributed by atoms with E-state index in [0.717, 1.165) is 37.4 Å². The van der Waals surface area contributed by atoms with Crippen molar-refractivity contribution in [1.82, 2.24) is 4.98 Å². The molecule has 0 saturated carbocycles. The van der Waals surface area contributed by atoms with Gasteiger partial charge in [0.2, 0.25) is 0 Å². The van der Waals surface area contributed by atoms with Crippen molar-refractivity contribution in [3.63, 3.8) is 0 Å². The fraction of sp³-hybridized carbons (Fsp3) is 0.350. The second-order valence-electron chi connectivity index (χ2n) is 7.18. The molecule has 1 aromatic carbocycles. The number of Topliss-reactive ketones (excluding diaryl/α,β-unsaturated/α-hetero) is 1. The predicted molar refractivity (Wildman–Crippen MR) is 98.4 cm³/mol. The summed E-state index contributed by atoms with van der Waals surface area (Å²) < 4.78 is 88.3. The van der Waals surface area contributed by atoms with Crippen molar-refractivity contribution in [2.75, 3.05) is 13.2 Å². The Morgan fingerprint density at radius 3 is 2.65 bits per heavy atom. The molecule has 0 aliphatic carbocycles. The number of nitrogens with two attached hydrogens (primary N) is 1. The van der Waals surface area contributed by atoms with E-state index in [4.69, 9.17) is 10.5 Å². The van der Waals surface area contributed by atoms with Gasteiger partial charge in [0.15, 0.2) is 11.3 Å². The number of hydrogen-bond donors (Lipinski definition) is 1. The Kier molecular flexibility index (Phi) is 5.83. The second kappa shape index (κ2) is 7.95. The Bertz CT molecular complexity index is 1040. The summed E-state index contributed by atoms with van der Waals surface area (Å²) in [5.41, 5.74) is 0.534. The number of pyridine rings is 1. The molecule has 31 heavy (non-hydrogen) atoms. The maximum Gasteiger partial charge on any atom is 0.418 e. The van der Waals surface area contributed by atoms with Gasteiger partial charge in [-0.15, -0.1) is 0 Å². The van der Waals surface area contributed by atoms with Crippen molar-refractivity contribution in [3.8, 4) is 0 Å².